The molecule has 2 aliphatic heterocycles. The summed E-state index contributed by atoms with van der Waals surface area (Å²) in [5.41, 5.74) is -0.129. The summed E-state index contributed by atoms with van der Waals surface area (Å²) in [5, 5.41) is 15.2. The Hall–Kier alpha value is -1.32. The number of nitrogens with zero attached hydrogens (tertiary/aromatic N) is 4. The van der Waals surface area contributed by atoms with Gasteiger partial charge in [-0.15, -0.1) is 0 Å². The zero-order chi connectivity index (χ0) is 20.2. The van der Waals surface area contributed by atoms with Gasteiger partial charge in [0.1, 0.15) is 5.60 Å². The SMILES string of the molecule is CC(C)(C)c1ccc(=O)n(CCN2CCN(CC3(O)COCCOC3)CC2)n1. The number of ether oxygens (including phenoxy) is 2. The molecule has 8 heteroatoms. The van der Waals surface area contributed by atoms with Gasteiger partial charge >= 0.3 is 0 Å². The van der Waals surface area contributed by atoms with Crippen molar-refractivity contribution in [3.8, 4) is 0 Å². The standard InChI is InChI=1S/C20H34N4O4/c1-19(2,3)17-4-5-18(25)24(21-17)11-10-22-6-8-23(9-7-22)14-20(26)15-27-12-13-28-16-20/h4-5,26H,6-16H2,1-3H3. The van der Waals surface area contributed by atoms with Crippen LogP contribution in [0.3, 0.4) is 0 Å². The molecule has 2 saturated heterocycles. The van der Waals surface area contributed by atoms with E-state index >= 15 is 0 Å². The van der Waals surface area contributed by atoms with Gasteiger partial charge in [0, 0.05) is 50.7 Å². The van der Waals surface area contributed by atoms with Crippen LogP contribution in [-0.2, 0) is 21.4 Å². The quantitative estimate of drug-likeness (QED) is 0.749. The lowest BCUT2D eigenvalue weighted by molar-refractivity contribution is -0.0792. The molecule has 0 bridgehead atoms. The van der Waals surface area contributed by atoms with E-state index in [2.05, 4.69) is 35.7 Å². The van der Waals surface area contributed by atoms with Crippen molar-refractivity contribution >= 4 is 0 Å². The molecular formula is C20H34N4O4. The molecule has 8 nitrogen and oxygen atoms in total. The fraction of sp³-hybridized carbons (Fsp3) is 0.800. The number of β-amino-alcohol motifs (C(OH)–C–C–N with tert-alkyl or cyclic N) is 1. The predicted molar refractivity (Wildman–Crippen MR) is 107 cm³/mol. The highest BCUT2D eigenvalue weighted by molar-refractivity contribution is 5.10. The molecule has 158 valence electrons. The van der Waals surface area contributed by atoms with Crippen LogP contribution in [0.1, 0.15) is 26.5 Å². The summed E-state index contributed by atoms with van der Waals surface area (Å²) in [5.74, 6) is 0. The first-order valence-corrected chi connectivity index (χ1v) is 10.2. The Balaban J connectivity index is 1.48. The molecule has 0 unspecified atom stereocenters. The molecule has 1 aromatic heterocycles. The molecule has 28 heavy (non-hydrogen) atoms. The Labute approximate surface area is 167 Å². The van der Waals surface area contributed by atoms with Crippen molar-refractivity contribution in [3.05, 3.63) is 28.2 Å². The average Bonchev–Trinajstić information content (AvgIpc) is 2.86. The van der Waals surface area contributed by atoms with Crippen LogP contribution < -0.4 is 5.56 Å². The second-order valence-electron chi connectivity index (χ2n) is 8.98. The Morgan fingerprint density at radius 2 is 1.64 bits per heavy atom. The van der Waals surface area contributed by atoms with Gasteiger partial charge in [0.2, 0.25) is 0 Å². The number of hydrogen-bond donors (Lipinski definition) is 1. The molecule has 3 rings (SSSR count). The van der Waals surface area contributed by atoms with E-state index in [0.29, 0.717) is 39.5 Å². The van der Waals surface area contributed by atoms with E-state index in [1.54, 1.807) is 10.7 Å². The molecule has 0 aromatic carbocycles. The third-order valence-corrected chi connectivity index (χ3v) is 5.36. The molecule has 0 radical (unpaired) electrons. The Kier molecular flexibility index (Phi) is 6.88. The molecule has 1 N–H and O–H groups in total. The monoisotopic (exact) mass is 394 g/mol. The highest BCUT2D eigenvalue weighted by atomic mass is 16.6. The maximum atomic E-state index is 12.1. The van der Waals surface area contributed by atoms with Gasteiger partial charge in [0.25, 0.3) is 5.56 Å². The Morgan fingerprint density at radius 3 is 2.25 bits per heavy atom. The van der Waals surface area contributed by atoms with Crippen LogP contribution in [0.25, 0.3) is 0 Å². The van der Waals surface area contributed by atoms with Gasteiger partial charge in [-0.1, -0.05) is 20.8 Å². The number of rotatable bonds is 5. The number of aliphatic hydroxyl groups is 1. The van der Waals surface area contributed by atoms with Gasteiger partial charge in [-0.05, 0) is 6.07 Å². The van der Waals surface area contributed by atoms with Crippen LogP contribution >= 0.6 is 0 Å². The zero-order valence-corrected chi connectivity index (χ0v) is 17.4. The van der Waals surface area contributed by atoms with Crippen molar-refractivity contribution in [1.29, 1.82) is 0 Å². The van der Waals surface area contributed by atoms with E-state index in [1.165, 1.54) is 0 Å². The van der Waals surface area contributed by atoms with Crippen molar-refractivity contribution in [2.24, 2.45) is 0 Å². The maximum Gasteiger partial charge on any atom is 0.266 e. The molecule has 3 heterocycles. The van der Waals surface area contributed by atoms with Crippen molar-refractivity contribution in [3.63, 3.8) is 0 Å². The fourth-order valence-corrected chi connectivity index (χ4v) is 3.61. The number of piperazine rings is 1. The summed E-state index contributed by atoms with van der Waals surface area (Å²) in [7, 11) is 0. The minimum absolute atomic E-state index is 0.0535. The van der Waals surface area contributed by atoms with Crippen molar-refractivity contribution in [2.45, 2.75) is 38.3 Å². The fourth-order valence-electron chi connectivity index (χ4n) is 3.61. The summed E-state index contributed by atoms with van der Waals surface area (Å²) in [6.45, 7) is 13.6. The molecule has 0 atom stereocenters. The van der Waals surface area contributed by atoms with Crippen LogP contribution in [0.4, 0.5) is 0 Å². The van der Waals surface area contributed by atoms with E-state index < -0.39 is 5.60 Å². The van der Waals surface area contributed by atoms with Crippen LogP contribution in [0.15, 0.2) is 16.9 Å². The number of aromatic nitrogens is 2. The second kappa shape index (κ2) is 9.00. The minimum Gasteiger partial charge on any atom is -0.384 e. The lowest BCUT2D eigenvalue weighted by Gasteiger charge is -2.38. The summed E-state index contributed by atoms with van der Waals surface area (Å²) in [4.78, 5) is 16.7. The van der Waals surface area contributed by atoms with Crippen LogP contribution in [0.5, 0.6) is 0 Å². The second-order valence-corrected chi connectivity index (χ2v) is 8.98. The highest BCUT2D eigenvalue weighted by Crippen LogP contribution is 2.18. The van der Waals surface area contributed by atoms with E-state index in [0.717, 1.165) is 38.4 Å². The van der Waals surface area contributed by atoms with Gasteiger partial charge in [-0.2, -0.15) is 5.10 Å². The first-order chi connectivity index (χ1) is 13.3. The molecular weight excluding hydrogens is 360 g/mol. The predicted octanol–water partition coefficient (Wildman–Crippen LogP) is -0.0637. The summed E-state index contributed by atoms with van der Waals surface area (Å²) < 4.78 is 12.5. The third-order valence-electron chi connectivity index (χ3n) is 5.36. The summed E-state index contributed by atoms with van der Waals surface area (Å²) in [6.07, 6.45) is 0. The average molecular weight is 395 g/mol. The van der Waals surface area contributed by atoms with Gasteiger partial charge in [0.15, 0.2) is 0 Å². The molecule has 0 saturated carbocycles. The largest absolute Gasteiger partial charge is 0.384 e. The van der Waals surface area contributed by atoms with Gasteiger partial charge in [0.05, 0.1) is 38.7 Å². The minimum atomic E-state index is -0.927. The summed E-state index contributed by atoms with van der Waals surface area (Å²) >= 11 is 0. The van der Waals surface area contributed by atoms with E-state index in [-0.39, 0.29) is 11.0 Å². The lowest BCUT2D eigenvalue weighted by Crippen LogP contribution is -2.55. The zero-order valence-electron chi connectivity index (χ0n) is 17.4. The maximum absolute atomic E-state index is 12.1. The van der Waals surface area contributed by atoms with Crippen LogP contribution in [0, 0.1) is 0 Å². The molecule has 2 aliphatic rings. The van der Waals surface area contributed by atoms with Crippen molar-refractivity contribution in [2.75, 3.05) is 65.7 Å². The Bertz CT molecular complexity index is 684. The van der Waals surface area contributed by atoms with Gasteiger partial charge < -0.3 is 14.6 Å². The molecule has 0 amide bonds. The molecule has 0 aliphatic carbocycles. The van der Waals surface area contributed by atoms with Crippen molar-refractivity contribution < 1.29 is 14.6 Å². The Morgan fingerprint density at radius 1 is 1.04 bits per heavy atom. The molecule has 0 spiro atoms. The number of hydrogen-bond acceptors (Lipinski definition) is 7. The highest BCUT2D eigenvalue weighted by Gasteiger charge is 2.33. The normalized spacial score (nSPS) is 22.1. The van der Waals surface area contributed by atoms with E-state index in [9.17, 15) is 9.90 Å². The van der Waals surface area contributed by atoms with Crippen LogP contribution in [-0.4, -0.2) is 96.0 Å². The molecule has 2 fully saturated rings. The smallest absolute Gasteiger partial charge is 0.266 e. The van der Waals surface area contributed by atoms with Gasteiger partial charge in [-0.3, -0.25) is 14.6 Å². The van der Waals surface area contributed by atoms with Gasteiger partial charge in [-0.25, -0.2) is 4.68 Å². The van der Waals surface area contributed by atoms with E-state index in [4.69, 9.17) is 9.47 Å². The van der Waals surface area contributed by atoms with Crippen LogP contribution in [0.2, 0.25) is 0 Å². The third kappa shape index (κ3) is 5.84. The summed E-state index contributed by atoms with van der Waals surface area (Å²) in [6, 6.07) is 3.44. The first kappa shape index (κ1) is 21.4. The first-order valence-electron chi connectivity index (χ1n) is 10.2. The topological polar surface area (TPSA) is 80.1 Å². The molecule has 1 aromatic rings. The van der Waals surface area contributed by atoms with E-state index in [1.807, 2.05) is 6.07 Å². The van der Waals surface area contributed by atoms with Crippen molar-refractivity contribution in [1.82, 2.24) is 19.6 Å². The lowest BCUT2D eigenvalue weighted by atomic mass is 9.92.